The van der Waals surface area contributed by atoms with Crippen LogP contribution < -0.4 is 10.1 Å². The molecular formula is C17H17ClN2O. The first-order valence-electron chi connectivity index (χ1n) is 6.68. The number of hydrogen-bond donors (Lipinski definition) is 1. The summed E-state index contributed by atoms with van der Waals surface area (Å²) in [6, 6.07) is 15.7. The highest BCUT2D eigenvalue weighted by Gasteiger charge is 2.14. The molecule has 0 fully saturated rings. The summed E-state index contributed by atoms with van der Waals surface area (Å²) < 4.78 is 5.37. The maximum Gasteiger partial charge on any atom is 0.143 e. The van der Waals surface area contributed by atoms with Gasteiger partial charge in [-0.3, -0.25) is 0 Å². The third-order valence-corrected chi connectivity index (χ3v) is 3.72. The molecule has 2 rings (SSSR count). The number of benzene rings is 2. The van der Waals surface area contributed by atoms with Crippen LogP contribution in [0.15, 0.2) is 42.5 Å². The molecular weight excluding hydrogens is 284 g/mol. The molecule has 0 aliphatic carbocycles. The van der Waals surface area contributed by atoms with E-state index in [2.05, 4.69) is 11.4 Å². The van der Waals surface area contributed by atoms with Crippen molar-refractivity contribution in [3.05, 3.63) is 58.6 Å². The van der Waals surface area contributed by atoms with Gasteiger partial charge in [0.1, 0.15) is 5.75 Å². The van der Waals surface area contributed by atoms with Crippen LogP contribution in [0.25, 0.3) is 0 Å². The molecule has 21 heavy (non-hydrogen) atoms. The molecule has 0 saturated heterocycles. The summed E-state index contributed by atoms with van der Waals surface area (Å²) in [5.41, 5.74) is 2.86. The molecule has 1 unspecified atom stereocenters. The van der Waals surface area contributed by atoms with Gasteiger partial charge in [-0.2, -0.15) is 5.26 Å². The van der Waals surface area contributed by atoms with Gasteiger partial charge in [0.15, 0.2) is 0 Å². The van der Waals surface area contributed by atoms with Crippen molar-refractivity contribution >= 4 is 17.3 Å². The van der Waals surface area contributed by atoms with Crippen LogP contribution in [-0.2, 0) is 0 Å². The molecule has 0 radical (unpaired) electrons. The van der Waals surface area contributed by atoms with Gasteiger partial charge in [-0.15, -0.1) is 0 Å². The lowest BCUT2D eigenvalue weighted by molar-refractivity contribution is 0.416. The fourth-order valence-electron chi connectivity index (χ4n) is 2.16. The van der Waals surface area contributed by atoms with E-state index < -0.39 is 0 Å². The Kier molecular flexibility index (Phi) is 5.08. The summed E-state index contributed by atoms with van der Waals surface area (Å²) >= 11 is 6.12. The lowest BCUT2D eigenvalue weighted by atomic mass is 10.0. The minimum absolute atomic E-state index is 0.0920. The predicted octanol–water partition coefficient (Wildman–Crippen LogP) is 4.72. The first-order chi connectivity index (χ1) is 10.2. The lowest BCUT2D eigenvalue weighted by Gasteiger charge is -2.20. The SMILES string of the molecule is COc1cc(Cl)c(C)cc1NC(CC#N)c1ccccc1. The maximum atomic E-state index is 9.06. The highest BCUT2D eigenvalue weighted by atomic mass is 35.5. The number of halogens is 1. The average molecular weight is 301 g/mol. The Morgan fingerprint density at radius 1 is 1.29 bits per heavy atom. The van der Waals surface area contributed by atoms with E-state index in [1.165, 1.54) is 0 Å². The molecule has 0 aliphatic heterocycles. The molecule has 1 N–H and O–H groups in total. The monoisotopic (exact) mass is 300 g/mol. The summed E-state index contributed by atoms with van der Waals surface area (Å²) in [6.45, 7) is 1.94. The van der Waals surface area contributed by atoms with E-state index in [0.29, 0.717) is 17.2 Å². The first kappa shape index (κ1) is 15.2. The summed E-state index contributed by atoms with van der Waals surface area (Å²) in [7, 11) is 1.61. The van der Waals surface area contributed by atoms with Crippen LogP contribution in [0.4, 0.5) is 5.69 Å². The van der Waals surface area contributed by atoms with Gasteiger partial charge in [0, 0.05) is 11.1 Å². The molecule has 2 aromatic carbocycles. The summed E-state index contributed by atoms with van der Waals surface area (Å²) in [5, 5.41) is 13.1. The zero-order valence-electron chi connectivity index (χ0n) is 12.1. The van der Waals surface area contributed by atoms with Crippen molar-refractivity contribution in [3.8, 4) is 11.8 Å². The van der Waals surface area contributed by atoms with Crippen molar-refractivity contribution in [1.82, 2.24) is 0 Å². The Hall–Kier alpha value is -2.18. The molecule has 108 valence electrons. The van der Waals surface area contributed by atoms with Crippen LogP contribution in [0.1, 0.15) is 23.6 Å². The van der Waals surface area contributed by atoms with Crippen molar-refractivity contribution in [3.63, 3.8) is 0 Å². The van der Waals surface area contributed by atoms with E-state index in [1.807, 2.05) is 43.3 Å². The van der Waals surface area contributed by atoms with Crippen molar-refractivity contribution < 1.29 is 4.74 Å². The van der Waals surface area contributed by atoms with E-state index in [4.69, 9.17) is 21.6 Å². The Bertz CT molecular complexity index is 650. The summed E-state index contributed by atoms with van der Waals surface area (Å²) in [4.78, 5) is 0. The van der Waals surface area contributed by atoms with E-state index in [0.717, 1.165) is 16.8 Å². The number of nitrogens with one attached hydrogen (secondary N) is 1. The number of methoxy groups -OCH3 is 1. The van der Waals surface area contributed by atoms with Gasteiger partial charge in [-0.1, -0.05) is 41.9 Å². The average Bonchev–Trinajstić information content (AvgIpc) is 2.51. The minimum Gasteiger partial charge on any atom is -0.495 e. The van der Waals surface area contributed by atoms with E-state index in [-0.39, 0.29) is 6.04 Å². The molecule has 0 aliphatic rings. The third-order valence-electron chi connectivity index (χ3n) is 3.31. The van der Waals surface area contributed by atoms with Crippen LogP contribution in [-0.4, -0.2) is 7.11 Å². The molecule has 0 spiro atoms. The molecule has 2 aromatic rings. The molecule has 0 saturated carbocycles. The Labute approximate surface area is 130 Å². The van der Waals surface area contributed by atoms with Crippen LogP contribution in [0, 0.1) is 18.3 Å². The number of hydrogen-bond acceptors (Lipinski definition) is 3. The topological polar surface area (TPSA) is 45.0 Å². The standard InChI is InChI=1S/C17H17ClN2O/c1-12-10-16(17(21-2)11-14(12)18)20-15(8-9-19)13-6-4-3-5-7-13/h3-7,10-11,15,20H,8H2,1-2H3. The van der Waals surface area contributed by atoms with Crippen molar-refractivity contribution in [2.45, 2.75) is 19.4 Å². The van der Waals surface area contributed by atoms with E-state index >= 15 is 0 Å². The van der Waals surface area contributed by atoms with Crippen LogP contribution in [0.5, 0.6) is 5.75 Å². The number of anilines is 1. The largest absolute Gasteiger partial charge is 0.495 e. The number of rotatable bonds is 5. The predicted molar refractivity (Wildman–Crippen MR) is 85.8 cm³/mol. The normalized spacial score (nSPS) is 11.5. The molecule has 0 aromatic heterocycles. The van der Waals surface area contributed by atoms with E-state index in [1.54, 1.807) is 13.2 Å². The van der Waals surface area contributed by atoms with Gasteiger partial charge in [0.05, 0.1) is 31.3 Å². The second kappa shape index (κ2) is 7.01. The third kappa shape index (κ3) is 3.68. The van der Waals surface area contributed by atoms with Crippen LogP contribution in [0.2, 0.25) is 5.02 Å². The van der Waals surface area contributed by atoms with Gasteiger partial charge in [0.2, 0.25) is 0 Å². The van der Waals surface area contributed by atoms with Crippen LogP contribution in [0.3, 0.4) is 0 Å². The van der Waals surface area contributed by atoms with Gasteiger partial charge in [-0.25, -0.2) is 0 Å². The number of nitrogens with zero attached hydrogens (tertiary/aromatic N) is 1. The zero-order valence-corrected chi connectivity index (χ0v) is 12.8. The molecule has 3 nitrogen and oxygen atoms in total. The summed E-state index contributed by atoms with van der Waals surface area (Å²) in [6.07, 6.45) is 0.370. The zero-order chi connectivity index (χ0) is 15.2. The molecule has 1 atom stereocenters. The number of nitriles is 1. The smallest absolute Gasteiger partial charge is 0.143 e. The van der Waals surface area contributed by atoms with Gasteiger partial charge in [0.25, 0.3) is 0 Å². The highest BCUT2D eigenvalue weighted by Crippen LogP contribution is 2.34. The van der Waals surface area contributed by atoms with Gasteiger partial charge >= 0.3 is 0 Å². The first-order valence-corrected chi connectivity index (χ1v) is 7.06. The Balaban J connectivity index is 2.34. The second-order valence-corrected chi connectivity index (χ2v) is 5.18. The summed E-state index contributed by atoms with van der Waals surface area (Å²) in [5.74, 6) is 0.671. The maximum absolute atomic E-state index is 9.06. The van der Waals surface area contributed by atoms with Crippen molar-refractivity contribution in [2.75, 3.05) is 12.4 Å². The molecule has 0 heterocycles. The second-order valence-electron chi connectivity index (χ2n) is 4.77. The van der Waals surface area contributed by atoms with Crippen molar-refractivity contribution in [2.24, 2.45) is 0 Å². The quantitative estimate of drug-likeness (QED) is 0.868. The number of aryl methyl sites for hydroxylation is 1. The van der Waals surface area contributed by atoms with Crippen molar-refractivity contribution in [1.29, 1.82) is 5.26 Å². The molecule has 0 bridgehead atoms. The van der Waals surface area contributed by atoms with Crippen LogP contribution >= 0.6 is 11.6 Å². The Morgan fingerprint density at radius 3 is 2.62 bits per heavy atom. The number of ether oxygens (including phenoxy) is 1. The molecule has 4 heteroatoms. The highest BCUT2D eigenvalue weighted by molar-refractivity contribution is 6.31. The van der Waals surface area contributed by atoms with Gasteiger partial charge in [-0.05, 0) is 24.1 Å². The van der Waals surface area contributed by atoms with E-state index in [9.17, 15) is 0 Å². The fourth-order valence-corrected chi connectivity index (χ4v) is 2.32. The lowest BCUT2D eigenvalue weighted by Crippen LogP contribution is -2.11. The Morgan fingerprint density at radius 2 is 2.00 bits per heavy atom. The minimum atomic E-state index is -0.0920. The van der Waals surface area contributed by atoms with Gasteiger partial charge < -0.3 is 10.1 Å². The fraction of sp³-hybridized carbons (Fsp3) is 0.235. The molecule has 0 amide bonds.